The normalized spacial score (nSPS) is 15.6. The zero-order chi connectivity index (χ0) is 11.0. The third-order valence-electron chi connectivity index (χ3n) is 2.43. The van der Waals surface area contributed by atoms with E-state index in [4.69, 9.17) is 4.42 Å². The molecule has 0 saturated carbocycles. The molecular formula is C12H8N2O2. The zero-order valence-electron chi connectivity index (χ0n) is 8.29. The minimum atomic E-state index is -0.176. The van der Waals surface area contributed by atoms with E-state index in [0.717, 1.165) is 16.8 Å². The van der Waals surface area contributed by atoms with Crippen LogP contribution in [0.2, 0.25) is 0 Å². The maximum Gasteiger partial charge on any atom is 0.310 e. The Labute approximate surface area is 91.6 Å². The van der Waals surface area contributed by atoms with Gasteiger partial charge in [0.15, 0.2) is 6.39 Å². The SMILES string of the molecule is Oc1ocnc1/C=C1\C=Nc2ccccc21. The summed E-state index contributed by atoms with van der Waals surface area (Å²) < 4.78 is 4.72. The van der Waals surface area contributed by atoms with Gasteiger partial charge in [-0.3, -0.25) is 4.99 Å². The summed E-state index contributed by atoms with van der Waals surface area (Å²) in [7, 11) is 0. The number of nitrogens with zero attached hydrogens (tertiary/aromatic N) is 2. The number of benzene rings is 1. The molecule has 0 unspecified atom stereocenters. The average molecular weight is 212 g/mol. The molecule has 16 heavy (non-hydrogen) atoms. The topological polar surface area (TPSA) is 58.6 Å². The first-order valence-electron chi connectivity index (χ1n) is 4.82. The quantitative estimate of drug-likeness (QED) is 0.790. The van der Waals surface area contributed by atoms with Crippen molar-refractivity contribution in [2.24, 2.45) is 4.99 Å². The van der Waals surface area contributed by atoms with Crippen LogP contribution in [0, 0.1) is 0 Å². The van der Waals surface area contributed by atoms with E-state index in [-0.39, 0.29) is 5.95 Å². The van der Waals surface area contributed by atoms with Crippen LogP contribution in [0.3, 0.4) is 0 Å². The van der Waals surface area contributed by atoms with Crippen molar-refractivity contribution in [3.05, 3.63) is 41.9 Å². The van der Waals surface area contributed by atoms with E-state index in [2.05, 4.69) is 9.98 Å². The summed E-state index contributed by atoms with van der Waals surface area (Å²) in [4.78, 5) is 8.16. The fraction of sp³-hybridized carbons (Fsp3) is 0. The number of oxazole rings is 1. The standard InChI is InChI=1S/C12H8N2O2/c15-12-11(14-7-16-12)5-8-6-13-10-4-2-1-3-9(8)10/h1-7,15H/b8-5+. The fourth-order valence-corrected chi connectivity index (χ4v) is 1.65. The highest BCUT2D eigenvalue weighted by Crippen LogP contribution is 2.32. The monoisotopic (exact) mass is 212 g/mol. The molecule has 3 rings (SSSR count). The molecule has 2 aromatic rings. The third kappa shape index (κ3) is 1.32. The van der Waals surface area contributed by atoms with Gasteiger partial charge in [-0.2, -0.15) is 0 Å². The van der Waals surface area contributed by atoms with E-state index in [1.165, 1.54) is 6.39 Å². The molecule has 1 N–H and O–H groups in total. The molecule has 0 amide bonds. The van der Waals surface area contributed by atoms with Crippen molar-refractivity contribution < 1.29 is 9.52 Å². The maximum absolute atomic E-state index is 9.34. The molecule has 4 nitrogen and oxygen atoms in total. The number of aromatic nitrogens is 1. The van der Waals surface area contributed by atoms with E-state index in [1.54, 1.807) is 12.3 Å². The molecule has 4 heteroatoms. The van der Waals surface area contributed by atoms with Gasteiger partial charge in [0, 0.05) is 17.4 Å². The summed E-state index contributed by atoms with van der Waals surface area (Å²) in [5.41, 5.74) is 3.29. The van der Waals surface area contributed by atoms with E-state index in [0.29, 0.717) is 5.69 Å². The molecule has 0 radical (unpaired) electrons. The first kappa shape index (κ1) is 8.91. The summed E-state index contributed by atoms with van der Waals surface area (Å²) in [5, 5.41) is 9.34. The van der Waals surface area contributed by atoms with Gasteiger partial charge in [-0.05, 0) is 12.1 Å². The molecule has 1 aliphatic rings. The Morgan fingerprint density at radius 2 is 2.12 bits per heavy atom. The molecule has 1 aromatic heterocycles. The second-order valence-electron chi connectivity index (χ2n) is 3.42. The van der Waals surface area contributed by atoms with Crippen LogP contribution in [0.4, 0.5) is 5.69 Å². The van der Waals surface area contributed by atoms with Crippen molar-refractivity contribution in [1.82, 2.24) is 4.98 Å². The molecule has 0 saturated heterocycles. The molecule has 0 aliphatic carbocycles. The van der Waals surface area contributed by atoms with Gasteiger partial charge >= 0.3 is 5.95 Å². The van der Waals surface area contributed by atoms with Gasteiger partial charge in [-0.25, -0.2) is 4.98 Å². The molecule has 0 spiro atoms. The highest BCUT2D eigenvalue weighted by molar-refractivity contribution is 6.21. The maximum atomic E-state index is 9.34. The van der Waals surface area contributed by atoms with Gasteiger partial charge in [-0.1, -0.05) is 18.2 Å². The number of aliphatic imine (C=N–C) groups is 1. The van der Waals surface area contributed by atoms with E-state index in [1.807, 2.05) is 24.3 Å². The number of para-hydroxylation sites is 1. The Bertz CT molecular complexity index is 597. The Morgan fingerprint density at radius 3 is 2.94 bits per heavy atom. The predicted molar refractivity (Wildman–Crippen MR) is 60.6 cm³/mol. The molecule has 0 bridgehead atoms. The van der Waals surface area contributed by atoms with E-state index in [9.17, 15) is 5.11 Å². The van der Waals surface area contributed by atoms with Gasteiger partial charge in [0.1, 0.15) is 5.69 Å². The average Bonchev–Trinajstić information content (AvgIpc) is 2.88. The molecule has 1 aromatic carbocycles. The largest absolute Gasteiger partial charge is 0.479 e. The lowest BCUT2D eigenvalue weighted by Crippen LogP contribution is -1.80. The van der Waals surface area contributed by atoms with Crippen molar-refractivity contribution >= 4 is 23.6 Å². The van der Waals surface area contributed by atoms with Crippen LogP contribution in [-0.2, 0) is 0 Å². The molecular weight excluding hydrogens is 204 g/mol. The number of rotatable bonds is 1. The van der Waals surface area contributed by atoms with Crippen molar-refractivity contribution in [2.45, 2.75) is 0 Å². The minimum Gasteiger partial charge on any atom is -0.479 e. The zero-order valence-corrected chi connectivity index (χ0v) is 8.29. The summed E-state index contributed by atoms with van der Waals surface area (Å²) in [6, 6.07) is 7.80. The highest BCUT2D eigenvalue weighted by Gasteiger charge is 2.12. The predicted octanol–water partition coefficient (Wildman–Crippen LogP) is 2.64. The number of hydrogen-bond donors (Lipinski definition) is 1. The van der Waals surface area contributed by atoms with Crippen LogP contribution in [0.25, 0.3) is 11.6 Å². The Kier molecular flexibility index (Phi) is 1.86. The van der Waals surface area contributed by atoms with Crippen LogP contribution in [0.1, 0.15) is 11.3 Å². The number of aromatic hydroxyl groups is 1. The highest BCUT2D eigenvalue weighted by atomic mass is 16.5. The summed E-state index contributed by atoms with van der Waals surface area (Å²) in [5.74, 6) is -0.176. The number of fused-ring (bicyclic) bond motifs is 1. The van der Waals surface area contributed by atoms with Crippen LogP contribution in [-0.4, -0.2) is 16.3 Å². The summed E-state index contributed by atoms with van der Waals surface area (Å²) >= 11 is 0. The first-order chi connectivity index (χ1) is 7.84. The smallest absolute Gasteiger partial charge is 0.310 e. The van der Waals surface area contributed by atoms with Crippen LogP contribution < -0.4 is 0 Å². The first-order valence-corrected chi connectivity index (χ1v) is 4.82. The fourth-order valence-electron chi connectivity index (χ4n) is 1.65. The van der Waals surface area contributed by atoms with E-state index >= 15 is 0 Å². The van der Waals surface area contributed by atoms with Crippen molar-refractivity contribution in [3.63, 3.8) is 0 Å². The second-order valence-corrected chi connectivity index (χ2v) is 3.42. The minimum absolute atomic E-state index is 0.176. The lowest BCUT2D eigenvalue weighted by Gasteiger charge is -1.97. The number of hydrogen-bond acceptors (Lipinski definition) is 4. The molecule has 0 atom stereocenters. The van der Waals surface area contributed by atoms with Crippen molar-refractivity contribution in [3.8, 4) is 5.95 Å². The lowest BCUT2D eigenvalue weighted by molar-refractivity contribution is 0.331. The summed E-state index contributed by atoms with van der Waals surface area (Å²) in [6.07, 6.45) is 4.70. The van der Waals surface area contributed by atoms with Crippen molar-refractivity contribution in [2.75, 3.05) is 0 Å². The molecule has 1 aliphatic heterocycles. The van der Waals surface area contributed by atoms with Gasteiger partial charge in [-0.15, -0.1) is 0 Å². The summed E-state index contributed by atoms with van der Waals surface area (Å²) in [6.45, 7) is 0. The van der Waals surface area contributed by atoms with Gasteiger partial charge < -0.3 is 9.52 Å². The van der Waals surface area contributed by atoms with Gasteiger partial charge in [0.25, 0.3) is 0 Å². The number of allylic oxidation sites excluding steroid dienone is 1. The Morgan fingerprint density at radius 1 is 1.25 bits per heavy atom. The van der Waals surface area contributed by atoms with Gasteiger partial charge in [0.05, 0.1) is 5.69 Å². The molecule has 0 fully saturated rings. The van der Waals surface area contributed by atoms with Crippen LogP contribution in [0.5, 0.6) is 5.95 Å². The van der Waals surface area contributed by atoms with Crippen LogP contribution in [0.15, 0.2) is 40.1 Å². The Hall–Kier alpha value is -2.36. The second kappa shape index (κ2) is 3.34. The van der Waals surface area contributed by atoms with E-state index < -0.39 is 0 Å². The lowest BCUT2D eigenvalue weighted by atomic mass is 10.1. The molecule has 78 valence electrons. The molecule has 2 heterocycles. The van der Waals surface area contributed by atoms with Crippen molar-refractivity contribution in [1.29, 1.82) is 0 Å². The third-order valence-corrected chi connectivity index (χ3v) is 2.43. The van der Waals surface area contributed by atoms with Gasteiger partial charge in [0.2, 0.25) is 0 Å². The Balaban J connectivity index is 2.09. The van der Waals surface area contributed by atoms with Crippen LogP contribution >= 0.6 is 0 Å².